The van der Waals surface area contributed by atoms with E-state index in [0.29, 0.717) is 24.4 Å². The molecule has 1 fully saturated rings. The van der Waals surface area contributed by atoms with E-state index in [2.05, 4.69) is 15.9 Å². The molecule has 0 aliphatic carbocycles. The molecular formula is C17H18BrNO5S3. The number of esters is 1. The zero-order valence-corrected chi connectivity index (χ0v) is 18.5. The maximum atomic E-state index is 12.9. The van der Waals surface area contributed by atoms with Gasteiger partial charge in [-0.25, -0.2) is 13.2 Å². The van der Waals surface area contributed by atoms with Gasteiger partial charge in [-0.1, -0.05) is 15.9 Å². The van der Waals surface area contributed by atoms with Crippen molar-refractivity contribution in [3.05, 3.63) is 44.6 Å². The van der Waals surface area contributed by atoms with Crippen LogP contribution in [0.3, 0.4) is 0 Å². The van der Waals surface area contributed by atoms with Gasteiger partial charge in [0.05, 0.1) is 7.11 Å². The summed E-state index contributed by atoms with van der Waals surface area (Å²) in [5, 5.41) is 1.60. The summed E-state index contributed by atoms with van der Waals surface area (Å²) in [6.45, 7) is 0.887. The van der Waals surface area contributed by atoms with E-state index in [1.807, 2.05) is 6.07 Å². The van der Waals surface area contributed by atoms with Crippen molar-refractivity contribution < 1.29 is 22.7 Å². The van der Waals surface area contributed by atoms with Crippen molar-refractivity contribution in [3.63, 3.8) is 0 Å². The lowest BCUT2D eigenvalue weighted by Crippen LogP contribution is -2.38. The van der Waals surface area contributed by atoms with Crippen molar-refractivity contribution in [3.8, 4) is 5.75 Å². The lowest BCUT2D eigenvalue weighted by Gasteiger charge is -2.25. The molecule has 27 heavy (non-hydrogen) atoms. The smallest absolute Gasteiger partial charge is 0.350 e. The van der Waals surface area contributed by atoms with Crippen LogP contribution in [0.5, 0.6) is 5.75 Å². The molecule has 1 saturated heterocycles. The number of thiophene rings is 1. The summed E-state index contributed by atoms with van der Waals surface area (Å²) in [6, 6.07) is 6.86. The minimum absolute atomic E-state index is 0.0147. The number of carbonyl (C=O) groups excluding carboxylic acids is 1. The Morgan fingerprint density at radius 2 is 2.00 bits per heavy atom. The number of thioether (sulfide) groups is 1. The second-order valence-corrected chi connectivity index (χ2v) is 10.6. The molecule has 10 heteroatoms. The molecule has 0 bridgehead atoms. The van der Waals surface area contributed by atoms with Crippen LogP contribution in [0.4, 0.5) is 0 Å². The van der Waals surface area contributed by atoms with Gasteiger partial charge in [-0.05, 0) is 29.6 Å². The third-order valence-electron chi connectivity index (χ3n) is 4.00. The first-order valence-electron chi connectivity index (χ1n) is 8.08. The number of methoxy groups -OCH3 is 1. The summed E-state index contributed by atoms with van der Waals surface area (Å²) in [7, 11) is -2.16. The number of rotatable bonds is 6. The summed E-state index contributed by atoms with van der Waals surface area (Å²) >= 11 is 6.17. The molecule has 0 N–H and O–H groups in total. The van der Waals surface area contributed by atoms with Gasteiger partial charge in [0.25, 0.3) is 0 Å². The van der Waals surface area contributed by atoms with Crippen LogP contribution in [0, 0.1) is 0 Å². The zero-order chi connectivity index (χ0) is 19.4. The Labute approximate surface area is 175 Å². The predicted molar refractivity (Wildman–Crippen MR) is 110 cm³/mol. The second-order valence-electron chi connectivity index (χ2n) is 5.66. The molecule has 1 aliphatic heterocycles. The normalized spacial score (nSPS) is 15.5. The molecule has 3 rings (SSSR count). The number of nitrogens with zero attached hydrogens (tertiary/aromatic N) is 1. The summed E-state index contributed by atoms with van der Waals surface area (Å²) < 4.78 is 38.7. The zero-order valence-electron chi connectivity index (χ0n) is 14.5. The SMILES string of the molecule is COc1ccc(Br)cc1COC(=O)c1sccc1S(=O)(=O)N1CCSCC1. The van der Waals surface area contributed by atoms with Crippen molar-refractivity contribution >= 4 is 55.0 Å². The molecule has 0 spiro atoms. The van der Waals surface area contributed by atoms with Crippen LogP contribution in [-0.2, 0) is 21.4 Å². The van der Waals surface area contributed by atoms with E-state index in [0.717, 1.165) is 27.3 Å². The molecular weight excluding hydrogens is 474 g/mol. The average Bonchev–Trinajstić information content (AvgIpc) is 3.18. The highest BCUT2D eigenvalue weighted by molar-refractivity contribution is 9.10. The van der Waals surface area contributed by atoms with Crippen LogP contribution in [-0.4, -0.2) is 50.4 Å². The van der Waals surface area contributed by atoms with Gasteiger partial charge in [-0.3, -0.25) is 0 Å². The molecule has 0 saturated carbocycles. The first kappa shape index (κ1) is 20.7. The van der Waals surface area contributed by atoms with Gasteiger partial charge in [0.2, 0.25) is 10.0 Å². The van der Waals surface area contributed by atoms with Crippen LogP contribution in [0.1, 0.15) is 15.2 Å². The highest BCUT2D eigenvalue weighted by Gasteiger charge is 2.31. The topological polar surface area (TPSA) is 72.9 Å². The highest BCUT2D eigenvalue weighted by atomic mass is 79.9. The monoisotopic (exact) mass is 491 g/mol. The van der Waals surface area contributed by atoms with Crippen LogP contribution >= 0.6 is 39.0 Å². The number of hydrogen-bond acceptors (Lipinski definition) is 7. The van der Waals surface area contributed by atoms with Gasteiger partial charge in [-0.2, -0.15) is 16.1 Å². The van der Waals surface area contributed by atoms with E-state index in [9.17, 15) is 13.2 Å². The maximum Gasteiger partial charge on any atom is 0.350 e. The van der Waals surface area contributed by atoms with Gasteiger partial charge >= 0.3 is 5.97 Å². The molecule has 1 aromatic carbocycles. The van der Waals surface area contributed by atoms with E-state index in [4.69, 9.17) is 9.47 Å². The van der Waals surface area contributed by atoms with Gasteiger partial charge in [0, 0.05) is 34.6 Å². The summed E-state index contributed by atoms with van der Waals surface area (Å²) in [5.74, 6) is 1.45. The quantitative estimate of drug-likeness (QED) is 0.574. The van der Waals surface area contributed by atoms with Gasteiger partial charge < -0.3 is 9.47 Å². The van der Waals surface area contributed by atoms with Crippen molar-refractivity contribution in [2.45, 2.75) is 11.5 Å². The minimum atomic E-state index is -3.70. The lowest BCUT2D eigenvalue weighted by atomic mass is 10.2. The first-order chi connectivity index (χ1) is 12.9. The number of benzene rings is 1. The summed E-state index contributed by atoms with van der Waals surface area (Å²) in [5.41, 5.74) is 0.689. The molecule has 146 valence electrons. The third kappa shape index (κ3) is 4.68. The largest absolute Gasteiger partial charge is 0.496 e. The first-order valence-corrected chi connectivity index (χ1v) is 12.3. The second kappa shape index (κ2) is 8.95. The fraction of sp³-hybridized carbons (Fsp3) is 0.353. The number of sulfonamides is 1. The van der Waals surface area contributed by atoms with E-state index in [1.54, 1.807) is 29.3 Å². The molecule has 6 nitrogen and oxygen atoms in total. The molecule has 0 atom stereocenters. The van der Waals surface area contributed by atoms with Crippen LogP contribution in [0.25, 0.3) is 0 Å². The van der Waals surface area contributed by atoms with Crippen molar-refractivity contribution in [1.82, 2.24) is 4.31 Å². The number of carbonyl (C=O) groups is 1. The molecule has 2 aromatic rings. The van der Waals surface area contributed by atoms with Crippen LogP contribution < -0.4 is 4.74 Å². The van der Waals surface area contributed by atoms with Gasteiger partial charge in [-0.15, -0.1) is 11.3 Å². The van der Waals surface area contributed by atoms with Crippen LogP contribution in [0.2, 0.25) is 0 Å². The molecule has 0 amide bonds. The Morgan fingerprint density at radius 3 is 2.70 bits per heavy atom. The average molecular weight is 492 g/mol. The summed E-state index contributed by atoms with van der Waals surface area (Å²) in [6.07, 6.45) is 0. The van der Waals surface area contributed by atoms with Crippen molar-refractivity contribution in [2.75, 3.05) is 31.7 Å². The maximum absolute atomic E-state index is 12.9. The Morgan fingerprint density at radius 1 is 1.26 bits per heavy atom. The van der Waals surface area contributed by atoms with E-state index >= 15 is 0 Å². The molecule has 0 radical (unpaired) electrons. The van der Waals surface area contributed by atoms with Crippen LogP contribution in [0.15, 0.2) is 39.0 Å². The Kier molecular flexibility index (Phi) is 6.85. The fourth-order valence-corrected chi connectivity index (χ4v) is 6.91. The molecule has 1 aromatic heterocycles. The fourth-order valence-electron chi connectivity index (χ4n) is 2.64. The third-order valence-corrected chi connectivity index (χ3v) is 8.40. The number of ether oxygens (including phenoxy) is 2. The minimum Gasteiger partial charge on any atom is -0.496 e. The van der Waals surface area contributed by atoms with E-state index in [-0.39, 0.29) is 16.4 Å². The molecule has 1 aliphatic rings. The van der Waals surface area contributed by atoms with Gasteiger partial charge in [0.15, 0.2) is 0 Å². The number of hydrogen-bond donors (Lipinski definition) is 0. The number of halogens is 1. The lowest BCUT2D eigenvalue weighted by molar-refractivity contribution is 0.0471. The van der Waals surface area contributed by atoms with Crippen molar-refractivity contribution in [2.24, 2.45) is 0 Å². The van der Waals surface area contributed by atoms with E-state index < -0.39 is 16.0 Å². The highest BCUT2D eigenvalue weighted by Crippen LogP contribution is 2.29. The molecule has 2 heterocycles. The Bertz CT molecular complexity index is 922. The summed E-state index contributed by atoms with van der Waals surface area (Å²) in [4.78, 5) is 12.7. The molecule has 0 unspecified atom stereocenters. The van der Waals surface area contributed by atoms with Crippen molar-refractivity contribution in [1.29, 1.82) is 0 Å². The predicted octanol–water partition coefficient (Wildman–Crippen LogP) is 3.61. The van der Waals surface area contributed by atoms with Gasteiger partial charge in [0.1, 0.15) is 22.1 Å². The standard InChI is InChI=1S/C17H18BrNO5S3/c1-23-14-3-2-13(18)10-12(14)11-24-17(20)16-15(4-7-26-16)27(21,22)19-5-8-25-9-6-19/h2-4,7,10H,5-6,8-9,11H2,1H3. The van der Waals surface area contributed by atoms with E-state index in [1.165, 1.54) is 17.5 Å². The Balaban J connectivity index is 1.77. The Hall–Kier alpha value is -1.07.